The monoisotopic (exact) mass is 627 g/mol. The van der Waals surface area contributed by atoms with Crippen molar-refractivity contribution < 1.29 is 13.9 Å². The molecule has 3 aromatic carbocycles. The number of carbonyl (C=O) groups is 1. The molecule has 0 spiro atoms. The normalized spacial score (nSPS) is 14.8. The van der Waals surface area contributed by atoms with Crippen molar-refractivity contribution in [2.45, 2.75) is 32.7 Å². The highest BCUT2D eigenvalue weighted by atomic mass is 19.1. The third kappa shape index (κ3) is 6.22. The number of pyridine rings is 1. The van der Waals surface area contributed by atoms with Crippen LogP contribution in [0.15, 0.2) is 109 Å². The summed E-state index contributed by atoms with van der Waals surface area (Å²) in [7, 11) is 1.72. The molecule has 47 heavy (non-hydrogen) atoms. The number of aromatic nitrogens is 4. The Bertz CT molecular complexity index is 1980. The number of benzene rings is 3. The lowest BCUT2D eigenvalue weighted by Gasteiger charge is -2.29. The summed E-state index contributed by atoms with van der Waals surface area (Å²) in [6, 6.07) is 31.9. The standard InChI is InChI=1S/C37H34FN7O2/c1-25-22-43(2)37(46)31-21-41-45-34(31)42-33(39-19-29-18-30(38)20-40-35(29)47-25)32(28-16-10-5-11-17-28)36(45)44(23-26-12-6-3-7-13-26)24-27-14-8-4-9-15-27/h3-18,20-21,25H,19,22-24H2,1-2H3,(H,39,42)/t25-/m0/s1. The SMILES string of the molecule is C[C@H]1CN(C)C(=O)c2cnn3c(N(Cc4ccccc4)Cc4ccccc4)c(-c4ccccc4)c(nc23)NCc2cc(F)cnc2O1. The molecule has 1 N–H and O–H groups in total. The lowest BCUT2D eigenvalue weighted by Crippen LogP contribution is -2.35. The molecule has 0 fully saturated rings. The van der Waals surface area contributed by atoms with Gasteiger partial charge in [-0.05, 0) is 29.7 Å². The van der Waals surface area contributed by atoms with Crippen molar-refractivity contribution in [3.8, 4) is 17.0 Å². The summed E-state index contributed by atoms with van der Waals surface area (Å²) in [5.74, 6) is 0.865. The van der Waals surface area contributed by atoms with Crippen LogP contribution in [0.3, 0.4) is 0 Å². The van der Waals surface area contributed by atoms with E-state index in [-0.39, 0.29) is 19.0 Å². The molecular formula is C37H34FN7O2. The zero-order valence-corrected chi connectivity index (χ0v) is 26.2. The average Bonchev–Trinajstić information content (AvgIpc) is 3.51. The topological polar surface area (TPSA) is 87.9 Å². The maximum absolute atomic E-state index is 14.5. The number of hydrogen-bond acceptors (Lipinski definition) is 7. The Morgan fingerprint density at radius 1 is 0.936 bits per heavy atom. The molecule has 1 aliphatic rings. The van der Waals surface area contributed by atoms with E-state index in [9.17, 15) is 9.18 Å². The number of nitrogens with one attached hydrogen (secondary N) is 1. The molecular weight excluding hydrogens is 593 g/mol. The quantitative estimate of drug-likeness (QED) is 0.223. The molecule has 236 valence electrons. The summed E-state index contributed by atoms with van der Waals surface area (Å²) in [5, 5.41) is 8.30. The first-order chi connectivity index (χ1) is 22.9. The van der Waals surface area contributed by atoms with Gasteiger partial charge in [-0.15, -0.1) is 0 Å². The van der Waals surface area contributed by atoms with E-state index in [1.54, 1.807) is 22.7 Å². The van der Waals surface area contributed by atoms with Gasteiger partial charge in [-0.2, -0.15) is 9.61 Å². The molecule has 4 heterocycles. The summed E-state index contributed by atoms with van der Waals surface area (Å²) in [6.07, 6.45) is 2.31. The van der Waals surface area contributed by atoms with Gasteiger partial charge in [0.15, 0.2) is 5.65 Å². The first-order valence-corrected chi connectivity index (χ1v) is 15.5. The van der Waals surface area contributed by atoms with Crippen molar-refractivity contribution in [3.63, 3.8) is 0 Å². The van der Waals surface area contributed by atoms with Crippen LogP contribution in [0, 0.1) is 5.82 Å². The van der Waals surface area contributed by atoms with E-state index in [4.69, 9.17) is 14.8 Å². The van der Waals surface area contributed by atoms with Crippen molar-refractivity contribution >= 4 is 23.2 Å². The minimum atomic E-state index is -0.472. The van der Waals surface area contributed by atoms with Gasteiger partial charge in [0.2, 0.25) is 5.88 Å². The minimum Gasteiger partial charge on any atom is -0.473 e. The van der Waals surface area contributed by atoms with E-state index >= 15 is 0 Å². The molecule has 0 unspecified atom stereocenters. The Labute approximate surface area is 272 Å². The molecule has 1 aliphatic heterocycles. The summed E-state index contributed by atoms with van der Waals surface area (Å²) < 4.78 is 22.5. The number of fused-ring (bicyclic) bond motifs is 2. The van der Waals surface area contributed by atoms with Crippen LogP contribution in [-0.2, 0) is 19.6 Å². The number of anilines is 2. The van der Waals surface area contributed by atoms with Gasteiger partial charge < -0.3 is 19.9 Å². The maximum atomic E-state index is 14.5. The predicted molar refractivity (Wildman–Crippen MR) is 180 cm³/mol. The van der Waals surface area contributed by atoms with Gasteiger partial charge in [0.1, 0.15) is 29.1 Å². The van der Waals surface area contributed by atoms with Crippen LogP contribution in [0.1, 0.15) is 34.0 Å². The van der Waals surface area contributed by atoms with Crippen LogP contribution in [0.2, 0.25) is 0 Å². The summed E-state index contributed by atoms with van der Waals surface area (Å²) in [4.78, 5) is 27.1. The zero-order valence-electron chi connectivity index (χ0n) is 26.2. The van der Waals surface area contributed by atoms with E-state index < -0.39 is 11.9 Å². The Kier molecular flexibility index (Phi) is 8.22. The molecule has 0 saturated heterocycles. The fourth-order valence-corrected chi connectivity index (χ4v) is 6.02. The molecule has 1 amide bonds. The van der Waals surface area contributed by atoms with Crippen molar-refractivity contribution in [3.05, 3.63) is 138 Å². The predicted octanol–water partition coefficient (Wildman–Crippen LogP) is 6.60. The van der Waals surface area contributed by atoms with Gasteiger partial charge in [0.05, 0.1) is 24.5 Å². The number of halogens is 1. The van der Waals surface area contributed by atoms with Gasteiger partial charge in [0, 0.05) is 32.2 Å². The van der Waals surface area contributed by atoms with Crippen LogP contribution in [0.5, 0.6) is 5.88 Å². The first-order valence-electron chi connectivity index (χ1n) is 15.5. The van der Waals surface area contributed by atoms with Crippen LogP contribution < -0.4 is 15.0 Å². The van der Waals surface area contributed by atoms with Crippen molar-refractivity contribution in [2.24, 2.45) is 0 Å². The highest BCUT2D eigenvalue weighted by molar-refractivity contribution is 6.01. The van der Waals surface area contributed by atoms with E-state index in [2.05, 4.69) is 39.5 Å². The fourth-order valence-electron chi connectivity index (χ4n) is 6.02. The Hall–Kier alpha value is -5.77. The van der Waals surface area contributed by atoms with Gasteiger partial charge in [-0.25, -0.2) is 14.4 Å². The minimum absolute atomic E-state index is 0.180. The Balaban J connectivity index is 1.50. The molecule has 0 saturated carbocycles. The highest BCUT2D eigenvalue weighted by Gasteiger charge is 2.29. The molecule has 9 nitrogen and oxygen atoms in total. The lowest BCUT2D eigenvalue weighted by atomic mass is 10.0. The molecule has 0 radical (unpaired) electrons. The van der Waals surface area contributed by atoms with Gasteiger partial charge in [0.25, 0.3) is 5.91 Å². The molecule has 7 rings (SSSR count). The van der Waals surface area contributed by atoms with E-state index in [1.165, 1.54) is 6.07 Å². The summed E-state index contributed by atoms with van der Waals surface area (Å²) >= 11 is 0. The van der Waals surface area contributed by atoms with Crippen molar-refractivity contribution in [2.75, 3.05) is 23.8 Å². The number of carbonyl (C=O) groups excluding carboxylic acids is 1. The number of rotatable bonds is 6. The number of likely N-dealkylation sites (N-methyl/N-ethyl adjacent to an activating group) is 1. The highest BCUT2D eigenvalue weighted by Crippen LogP contribution is 2.39. The molecule has 1 atom stereocenters. The van der Waals surface area contributed by atoms with Crippen molar-refractivity contribution in [1.29, 1.82) is 0 Å². The van der Waals surface area contributed by atoms with E-state index in [1.807, 2.05) is 73.7 Å². The van der Waals surface area contributed by atoms with Crippen LogP contribution >= 0.6 is 0 Å². The lowest BCUT2D eigenvalue weighted by molar-refractivity contribution is 0.0724. The van der Waals surface area contributed by atoms with Crippen molar-refractivity contribution in [1.82, 2.24) is 24.5 Å². The molecule has 3 aromatic heterocycles. The fraction of sp³-hybridized carbons (Fsp3) is 0.189. The molecule has 10 heteroatoms. The van der Waals surface area contributed by atoms with Gasteiger partial charge >= 0.3 is 0 Å². The number of nitrogens with zero attached hydrogens (tertiary/aromatic N) is 6. The smallest absolute Gasteiger partial charge is 0.259 e. The van der Waals surface area contributed by atoms with E-state index in [0.717, 1.165) is 34.3 Å². The Morgan fingerprint density at radius 2 is 1.57 bits per heavy atom. The van der Waals surface area contributed by atoms with Gasteiger partial charge in [-0.3, -0.25) is 4.79 Å². The average molecular weight is 628 g/mol. The van der Waals surface area contributed by atoms with Crippen LogP contribution in [-0.4, -0.2) is 50.1 Å². The first kappa shape index (κ1) is 29.9. The largest absolute Gasteiger partial charge is 0.473 e. The Morgan fingerprint density at radius 3 is 2.23 bits per heavy atom. The second-order valence-corrected chi connectivity index (χ2v) is 11.7. The third-order valence-electron chi connectivity index (χ3n) is 8.18. The molecule has 6 aromatic rings. The summed E-state index contributed by atoms with van der Waals surface area (Å²) in [6.45, 7) is 3.42. The van der Waals surface area contributed by atoms with E-state index in [0.29, 0.717) is 41.6 Å². The third-order valence-corrected chi connectivity index (χ3v) is 8.18. The number of hydrogen-bond donors (Lipinski definition) is 1. The zero-order chi connectivity index (χ0) is 32.3. The second kappa shape index (κ2) is 12.9. The van der Waals surface area contributed by atoms with Crippen LogP contribution in [0.4, 0.5) is 16.0 Å². The molecule has 2 bridgehead atoms. The molecule has 0 aliphatic carbocycles. The second-order valence-electron chi connectivity index (χ2n) is 11.7. The number of amides is 1. The maximum Gasteiger partial charge on any atom is 0.259 e. The van der Waals surface area contributed by atoms with Crippen LogP contribution in [0.25, 0.3) is 16.8 Å². The number of ether oxygens (including phenoxy) is 1. The summed E-state index contributed by atoms with van der Waals surface area (Å²) in [5.41, 5.74) is 5.22. The van der Waals surface area contributed by atoms with Gasteiger partial charge in [-0.1, -0.05) is 91.0 Å².